The Morgan fingerprint density at radius 2 is 1.06 bits per heavy atom. The number of amides is 12. The predicted octanol–water partition coefficient (Wildman–Crippen LogP) is 2.20. The molecular formula is C69H102N12O16S. The van der Waals surface area contributed by atoms with Crippen molar-refractivity contribution in [2.75, 3.05) is 19.3 Å². The van der Waals surface area contributed by atoms with Crippen molar-refractivity contribution in [3.63, 3.8) is 0 Å². The number of primary amides is 2. The van der Waals surface area contributed by atoms with Gasteiger partial charge in [0.2, 0.25) is 70.9 Å². The van der Waals surface area contributed by atoms with Crippen LogP contribution in [-0.2, 0) is 67.1 Å². The van der Waals surface area contributed by atoms with Gasteiger partial charge in [0, 0.05) is 38.6 Å². The number of likely N-dealkylation sites (N-methyl/N-ethyl adjacent to an activating group) is 1. The maximum Gasteiger partial charge on any atom is 0.305 e. The second-order valence-electron chi connectivity index (χ2n) is 26.8. The largest absolute Gasteiger partial charge is 0.481 e. The normalized spacial score (nSPS) is 18.1. The van der Waals surface area contributed by atoms with E-state index in [0.717, 1.165) is 71.1 Å². The van der Waals surface area contributed by atoms with Gasteiger partial charge in [-0.05, 0) is 73.3 Å². The standard InChI is InChI=1S/C69H102N12O16S/c1-7-40(4)58(78-67(95)59(57(44-25-16-10-17-26-44)45-27-18-11-19-28-45)79-61(89)46(30-31-55(84)85)73-64(92)50(37-56(86)87)72-41(5)82)69(97)80(6)53(35-43-23-14-9-15-24-43)66(94)77-51(38-98)68(96)81-32-20-29-52(81)65(93)76-48(34-42-21-12-8-13-22-42)62(90)75-49(36-54(70)83)63(91)74-47(60(71)88)33-39(2)3/h10-11,16-19,25-28,39-40,42-43,46-53,57-59,98H,7-9,12-15,20-24,29-38H2,1-6H3,(H2,70,83)(H2,71,88)(H,72,82)(H,73,92)(H,74,91)(H,75,90)(H,76,93)(H,77,94)(H,78,95)(H,79,89)(H,84,85)(H,86,87)/t40-,46-,47-,48-,49-,50-,51-,52-,53-,58-,59-/m0/s1. The van der Waals surface area contributed by atoms with E-state index >= 15 is 14.4 Å². The number of hydrogen-bond donors (Lipinski definition) is 13. The highest BCUT2D eigenvalue weighted by Crippen LogP contribution is 2.33. The monoisotopic (exact) mass is 1390 g/mol. The number of nitrogens with two attached hydrogens (primary N) is 2. The Morgan fingerprint density at radius 1 is 0.561 bits per heavy atom. The van der Waals surface area contributed by atoms with E-state index in [1.54, 1.807) is 74.5 Å². The van der Waals surface area contributed by atoms with Crippen molar-refractivity contribution in [1.29, 1.82) is 0 Å². The Hall–Kier alpha value is -8.63. The number of nitrogens with zero attached hydrogens (tertiary/aromatic N) is 2. The zero-order valence-electron chi connectivity index (χ0n) is 57.1. The summed E-state index contributed by atoms with van der Waals surface area (Å²) >= 11 is 4.53. The fourth-order valence-corrected chi connectivity index (χ4v) is 13.5. The number of benzene rings is 2. The summed E-state index contributed by atoms with van der Waals surface area (Å²) in [5, 5.41) is 40.4. The second-order valence-corrected chi connectivity index (χ2v) is 27.1. The maximum atomic E-state index is 15.5. The summed E-state index contributed by atoms with van der Waals surface area (Å²) < 4.78 is 0. The molecule has 540 valence electrons. The summed E-state index contributed by atoms with van der Waals surface area (Å²) in [4.78, 5) is 195. The molecule has 1 aliphatic heterocycles. The molecule has 14 N–H and O–H groups in total. The Kier molecular flexibility index (Phi) is 32.4. The maximum absolute atomic E-state index is 15.5. The molecule has 98 heavy (non-hydrogen) atoms. The van der Waals surface area contributed by atoms with Gasteiger partial charge < -0.3 is 74.0 Å². The average Bonchev–Trinajstić information content (AvgIpc) is 1.37. The number of likely N-dealkylation sites (tertiary alicyclic amines) is 1. The highest BCUT2D eigenvalue weighted by molar-refractivity contribution is 7.80. The summed E-state index contributed by atoms with van der Waals surface area (Å²) in [5.41, 5.74) is 12.1. The average molecular weight is 1390 g/mol. The molecule has 0 aromatic heterocycles. The van der Waals surface area contributed by atoms with Crippen LogP contribution in [-0.4, -0.2) is 183 Å². The van der Waals surface area contributed by atoms with Crippen LogP contribution in [0.4, 0.5) is 0 Å². The minimum Gasteiger partial charge on any atom is -0.481 e. The van der Waals surface area contributed by atoms with E-state index in [2.05, 4.69) is 55.2 Å². The van der Waals surface area contributed by atoms with Crippen molar-refractivity contribution in [1.82, 2.24) is 52.3 Å². The van der Waals surface area contributed by atoms with Gasteiger partial charge in [-0.3, -0.25) is 67.1 Å². The molecule has 11 atom stereocenters. The molecule has 0 spiro atoms. The third-order valence-corrected chi connectivity index (χ3v) is 19.1. The van der Waals surface area contributed by atoms with E-state index in [9.17, 15) is 63.0 Å². The first kappa shape index (κ1) is 80.1. The number of carboxylic acids is 2. The quantitative estimate of drug-likeness (QED) is 0.0429. The molecule has 5 rings (SSSR count). The Labute approximate surface area is 578 Å². The van der Waals surface area contributed by atoms with Crippen LogP contribution >= 0.6 is 12.6 Å². The van der Waals surface area contributed by atoms with Crippen LogP contribution in [0, 0.1) is 23.7 Å². The molecule has 2 aromatic carbocycles. The lowest BCUT2D eigenvalue weighted by molar-refractivity contribution is -0.146. The summed E-state index contributed by atoms with van der Waals surface area (Å²) in [6.07, 6.45) is 6.95. The number of hydrogen-bond acceptors (Lipinski definition) is 15. The SMILES string of the molecule is CC[C@H](C)[C@H](NC(=O)[C@@H](NC(=O)[C@H](CCC(=O)O)NC(=O)[C@H](CC(=O)O)NC(C)=O)C(c1ccccc1)c1ccccc1)C(=O)N(C)[C@@H](CC1CCCCC1)C(=O)N[C@@H](CS)C(=O)N1CCC[C@H]1C(=O)N[C@@H](CC1CCCCC1)C(=O)N[C@@H](CC(N)=O)C(=O)N[C@@H](CC(C)C)C(N)=O. The number of carbonyl (C=O) groups is 14. The first-order chi connectivity index (χ1) is 46.5. The number of thiol groups is 1. The van der Waals surface area contributed by atoms with Crippen molar-refractivity contribution in [3.05, 3.63) is 71.8 Å². The van der Waals surface area contributed by atoms with Crippen LogP contribution in [0.1, 0.15) is 180 Å². The van der Waals surface area contributed by atoms with Crippen LogP contribution in [0.5, 0.6) is 0 Å². The minimum atomic E-state index is -1.72. The summed E-state index contributed by atoms with van der Waals surface area (Å²) in [5.74, 6) is -15.0. The van der Waals surface area contributed by atoms with Gasteiger partial charge in [-0.1, -0.05) is 159 Å². The molecule has 0 radical (unpaired) electrons. The molecule has 0 bridgehead atoms. The van der Waals surface area contributed by atoms with Gasteiger partial charge in [-0.25, -0.2) is 0 Å². The van der Waals surface area contributed by atoms with Crippen LogP contribution in [0.3, 0.4) is 0 Å². The Balaban J connectivity index is 1.46. The highest BCUT2D eigenvalue weighted by Gasteiger charge is 2.44. The third-order valence-electron chi connectivity index (χ3n) is 18.7. The predicted molar refractivity (Wildman–Crippen MR) is 364 cm³/mol. The van der Waals surface area contributed by atoms with Gasteiger partial charge in [-0.15, -0.1) is 0 Å². The van der Waals surface area contributed by atoms with Crippen molar-refractivity contribution >= 4 is 95.5 Å². The second kappa shape index (κ2) is 39.7. The number of carbonyl (C=O) groups excluding carboxylic acids is 12. The van der Waals surface area contributed by atoms with Gasteiger partial charge in [-0.2, -0.15) is 12.6 Å². The smallest absolute Gasteiger partial charge is 0.305 e. The molecule has 2 aromatic rings. The van der Waals surface area contributed by atoms with Gasteiger partial charge >= 0.3 is 11.9 Å². The van der Waals surface area contributed by atoms with Crippen molar-refractivity contribution in [2.24, 2.45) is 35.1 Å². The lowest BCUT2D eigenvalue weighted by Gasteiger charge is -2.37. The molecule has 0 unspecified atom stereocenters. The topological polar surface area (TPSA) is 434 Å². The third kappa shape index (κ3) is 24.7. The molecule has 28 nitrogen and oxygen atoms in total. The first-order valence-electron chi connectivity index (χ1n) is 34.2. The van der Waals surface area contributed by atoms with Gasteiger partial charge in [0.05, 0.1) is 12.8 Å². The highest BCUT2D eigenvalue weighted by atomic mass is 32.1. The van der Waals surface area contributed by atoms with Gasteiger partial charge in [0.15, 0.2) is 0 Å². The fourth-order valence-electron chi connectivity index (χ4n) is 13.3. The molecule has 2 saturated carbocycles. The van der Waals surface area contributed by atoms with E-state index in [1.165, 1.54) is 16.8 Å². The molecular weight excluding hydrogens is 1280 g/mol. The zero-order chi connectivity index (χ0) is 72.3. The molecule has 2 aliphatic carbocycles. The van der Waals surface area contributed by atoms with Crippen LogP contribution in [0.25, 0.3) is 0 Å². The van der Waals surface area contributed by atoms with E-state index < -0.39 is 181 Å². The zero-order valence-corrected chi connectivity index (χ0v) is 58.0. The molecule has 29 heteroatoms. The first-order valence-corrected chi connectivity index (χ1v) is 34.9. The van der Waals surface area contributed by atoms with E-state index in [0.29, 0.717) is 24.0 Å². The van der Waals surface area contributed by atoms with E-state index in [4.69, 9.17) is 11.5 Å². The molecule has 1 heterocycles. The molecule has 3 aliphatic rings. The number of aliphatic carboxylic acids is 2. The van der Waals surface area contributed by atoms with Crippen molar-refractivity contribution in [3.8, 4) is 0 Å². The lowest BCUT2D eigenvalue weighted by Crippen LogP contribution is -2.62. The lowest BCUT2D eigenvalue weighted by atomic mass is 9.83. The van der Waals surface area contributed by atoms with Crippen LogP contribution in [0.2, 0.25) is 0 Å². The summed E-state index contributed by atoms with van der Waals surface area (Å²) in [6, 6.07) is 3.07. The minimum absolute atomic E-state index is 0.00958. The van der Waals surface area contributed by atoms with Crippen LogP contribution in [0.15, 0.2) is 60.7 Å². The van der Waals surface area contributed by atoms with Crippen molar-refractivity contribution < 1.29 is 77.3 Å². The molecule has 12 amide bonds. The van der Waals surface area contributed by atoms with Gasteiger partial charge in [0.25, 0.3) is 0 Å². The van der Waals surface area contributed by atoms with Crippen molar-refractivity contribution in [2.45, 2.75) is 229 Å². The van der Waals surface area contributed by atoms with Crippen LogP contribution < -0.4 is 54.0 Å². The molecule has 3 fully saturated rings. The number of nitrogens with one attached hydrogen (secondary N) is 8. The van der Waals surface area contributed by atoms with Gasteiger partial charge in [0.1, 0.15) is 60.4 Å². The molecule has 1 saturated heterocycles. The van der Waals surface area contributed by atoms with E-state index in [1.807, 2.05) is 13.8 Å². The summed E-state index contributed by atoms with van der Waals surface area (Å²) in [7, 11) is 1.42. The number of carboxylic acid groups (broad SMARTS) is 2. The fraction of sp³-hybridized carbons (Fsp3) is 0.623. The Morgan fingerprint density at radius 3 is 1.56 bits per heavy atom. The number of rotatable bonds is 38. The van der Waals surface area contributed by atoms with E-state index in [-0.39, 0.29) is 55.7 Å². The Bertz CT molecular complexity index is 3040. The summed E-state index contributed by atoms with van der Waals surface area (Å²) in [6.45, 7) is 8.26.